The van der Waals surface area contributed by atoms with Gasteiger partial charge in [-0.25, -0.2) is 4.98 Å². The van der Waals surface area contributed by atoms with Crippen molar-refractivity contribution in [2.24, 2.45) is 4.99 Å². The lowest BCUT2D eigenvalue weighted by molar-refractivity contribution is -0.385. The van der Waals surface area contributed by atoms with Crippen LogP contribution in [-0.2, 0) is 0 Å². The lowest BCUT2D eigenvalue weighted by Gasteiger charge is -2.16. The lowest BCUT2D eigenvalue weighted by Crippen LogP contribution is -2.04. The molecule has 0 aliphatic heterocycles. The summed E-state index contributed by atoms with van der Waals surface area (Å²) >= 11 is 0. The van der Waals surface area contributed by atoms with Crippen molar-refractivity contribution in [2.45, 2.75) is 6.92 Å². The van der Waals surface area contributed by atoms with Crippen LogP contribution in [-0.4, -0.2) is 22.7 Å². The van der Waals surface area contributed by atoms with Crippen molar-refractivity contribution >= 4 is 28.7 Å². The number of nitrogens with zero attached hydrogens (tertiary/aromatic N) is 3. The first kappa shape index (κ1) is 19.1. The minimum atomic E-state index is -0.576. The molecule has 0 aliphatic carbocycles. The molecule has 3 aromatic carbocycles. The molecule has 0 saturated carbocycles. The molecule has 0 amide bonds. The van der Waals surface area contributed by atoms with E-state index in [1.54, 1.807) is 25.1 Å². The molecule has 4 aromatic rings. The second-order valence-corrected chi connectivity index (χ2v) is 6.35. The number of aliphatic imine (C=N–C) groups is 1. The number of non-ortho nitro benzene ring substituents is 1. The molecule has 8 nitrogen and oxygen atoms in total. The van der Waals surface area contributed by atoms with Crippen molar-refractivity contribution in [3.05, 3.63) is 76.3 Å². The van der Waals surface area contributed by atoms with E-state index in [4.69, 9.17) is 9.15 Å². The van der Waals surface area contributed by atoms with Gasteiger partial charge < -0.3 is 14.3 Å². The highest BCUT2D eigenvalue weighted by molar-refractivity contribution is 5.88. The van der Waals surface area contributed by atoms with Gasteiger partial charge in [0.1, 0.15) is 11.3 Å². The van der Waals surface area contributed by atoms with Crippen LogP contribution < -0.4 is 9.84 Å². The van der Waals surface area contributed by atoms with E-state index in [-0.39, 0.29) is 23.6 Å². The molecule has 0 radical (unpaired) electrons. The first-order chi connectivity index (χ1) is 14.5. The Kier molecular flexibility index (Phi) is 5.13. The number of nitro groups is 1. The molecule has 30 heavy (non-hydrogen) atoms. The van der Waals surface area contributed by atoms with Gasteiger partial charge in [-0.2, -0.15) is 0 Å². The summed E-state index contributed by atoms with van der Waals surface area (Å²) in [5.41, 5.74) is 2.52. The number of rotatable bonds is 6. The van der Waals surface area contributed by atoms with Crippen LogP contribution in [0.1, 0.15) is 12.5 Å². The van der Waals surface area contributed by atoms with Crippen molar-refractivity contribution in [3.8, 4) is 23.0 Å². The Morgan fingerprint density at radius 2 is 2.00 bits per heavy atom. The molecule has 1 aromatic heterocycles. The van der Waals surface area contributed by atoms with Gasteiger partial charge in [0.15, 0.2) is 5.58 Å². The number of para-hydroxylation sites is 2. The first-order valence-corrected chi connectivity index (χ1v) is 9.17. The third-order valence-electron chi connectivity index (χ3n) is 4.32. The Morgan fingerprint density at radius 1 is 1.17 bits per heavy atom. The molecule has 0 fully saturated rings. The fourth-order valence-corrected chi connectivity index (χ4v) is 2.93. The molecule has 8 heteroatoms. The van der Waals surface area contributed by atoms with E-state index < -0.39 is 10.7 Å². The summed E-state index contributed by atoms with van der Waals surface area (Å²) in [6.45, 7) is 1.92. The Labute approximate surface area is 171 Å². The second-order valence-electron chi connectivity index (χ2n) is 6.35. The topological polar surface area (TPSA) is 114 Å². The third-order valence-corrected chi connectivity index (χ3v) is 4.32. The van der Waals surface area contributed by atoms with E-state index in [0.29, 0.717) is 17.2 Å². The predicted octanol–water partition coefficient (Wildman–Crippen LogP) is 4.63. The van der Waals surface area contributed by atoms with Crippen molar-refractivity contribution in [1.82, 2.24) is 4.98 Å². The highest BCUT2D eigenvalue weighted by Crippen LogP contribution is 2.32. The van der Waals surface area contributed by atoms with Gasteiger partial charge in [0, 0.05) is 17.8 Å². The fraction of sp³-hybridized carbons (Fsp3) is 0.0909. The second kappa shape index (κ2) is 8.04. The third kappa shape index (κ3) is 3.83. The largest absolute Gasteiger partial charge is 0.870 e. The molecular weight excluding hydrogens is 386 g/mol. The van der Waals surface area contributed by atoms with E-state index in [0.717, 1.165) is 17.1 Å². The standard InChI is InChI=1S/C22H17N3O5/c1-2-29-20-12-17(25(27)28)11-15(21(20)26)13-23-16-7-5-6-14(10-16)22-24-18-8-3-4-9-19(18)30-22/h3-13,26H,2H2,1H3/p-1. The fourth-order valence-electron chi connectivity index (χ4n) is 2.93. The van der Waals surface area contributed by atoms with Gasteiger partial charge in [-0.3, -0.25) is 15.1 Å². The molecule has 0 saturated heterocycles. The molecule has 150 valence electrons. The number of aromatic nitrogens is 1. The predicted molar refractivity (Wildman–Crippen MR) is 110 cm³/mol. The molecule has 0 atom stereocenters. The van der Waals surface area contributed by atoms with Gasteiger partial charge in [-0.1, -0.05) is 23.9 Å². The molecule has 0 aliphatic rings. The first-order valence-electron chi connectivity index (χ1n) is 9.17. The van der Waals surface area contributed by atoms with Crippen molar-refractivity contribution in [3.63, 3.8) is 0 Å². The summed E-state index contributed by atoms with van der Waals surface area (Å²) in [6, 6.07) is 16.9. The highest BCUT2D eigenvalue weighted by Gasteiger charge is 2.12. The minimum absolute atomic E-state index is 0.0694. The molecule has 4 rings (SSSR count). The van der Waals surface area contributed by atoms with Crippen molar-refractivity contribution in [1.29, 1.82) is 0 Å². The highest BCUT2D eigenvalue weighted by atomic mass is 16.6. The smallest absolute Gasteiger partial charge is 0.273 e. The zero-order valence-corrected chi connectivity index (χ0v) is 15.9. The molecule has 1 heterocycles. The molecule has 0 bridgehead atoms. The van der Waals surface area contributed by atoms with Crippen LogP contribution in [0.5, 0.6) is 11.5 Å². The maximum atomic E-state index is 12.5. The number of nitro benzene ring substituents is 1. The number of benzene rings is 3. The monoisotopic (exact) mass is 402 g/mol. The van der Waals surface area contributed by atoms with Gasteiger partial charge in [-0.05, 0) is 42.8 Å². The number of oxazole rings is 1. The van der Waals surface area contributed by atoms with Crippen molar-refractivity contribution in [2.75, 3.05) is 6.61 Å². The van der Waals surface area contributed by atoms with Crippen LogP contribution in [0.3, 0.4) is 0 Å². The van der Waals surface area contributed by atoms with Crippen molar-refractivity contribution < 1.29 is 19.2 Å². The summed E-state index contributed by atoms with van der Waals surface area (Å²) < 4.78 is 11.0. The quantitative estimate of drug-likeness (QED) is 0.264. The number of hydrogen-bond acceptors (Lipinski definition) is 7. The van der Waals surface area contributed by atoms with Gasteiger partial charge in [0.2, 0.25) is 5.89 Å². The van der Waals surface area contributed by atoms with E-state index in [1.807, 2.05) is 30.3 Å². The summed E-state index contributed by atoms with van der Waals surface area (Å²) in [7, 11) is 0. The van der Waals surface area contributed by atoms with Crippen LogP contribution >= 0.6 is 0 Å². The van der Waals surface area contributed by atoms with Gasteiger partial charge in [0.25, 0.3) is 5.69 Å². The van der Waals surface area contributed by atoms with Crippen LogP contribution in [0, 0.1) is 10.1 Å². The molecular formula is C22H16N3O5-. The number of hydrogen-bond donors (Lipinski definition) is 0. The molecule has 0 N–H and O–H groups in total. The summed E-state index contributed by atoms with van der Waals surface area (Å²) in [6.07, 6.45) is 1.29. The Morgan fingerprint density at radius 3 is 2.77 bits per heavy atom. The summed E-state index contributed by atoms with van der Waals surface area (Å²) in [5, 5.41) is 23.6. The van der Waals surface area contributed by atoms with E-state index in [2.05, 4.69) is 9.98 Å². The van der Waals surface area contributed by atoms with Crippen LogP contribution in [0.4, 0.5) is 11.4 Å². The number of fused-ring (bicyclic) bond motifs is 1. The molecule has 0 unspecified atom stereocenters. The Hall–Kier alpha value is -4.20. The summed E-state index contributed by atoms with van der Waals surface area (Å²) in [5.74, 6) is -0.0820. The Bertz CT molecular complexity index is 1230. The van der Waals surface area contributed by atoms with Gasteiger partial charge in [-0.15, -0.1) is 0 Å². The maximum absolute atomic E-state index is 12.5. The normalized spacial score (nSPS) is 11.2. The van der Waals surface area contributed by atoms with E-state index in [1.165, 1.54) is 12.3 Å². The Balaban J connectivity index is 1.68. The van der Waals surface area contributed by atoms with Crippen LogP contribution in [0.15, 0.2) is 70.1 Å². The van der Waals surface area contributed by atoms with E-state index >= 15 is 0 Å². The maximum Gasteiger partial charge on any atom is 0.273 e. The lowest BCUT2D eigenvalue weighted by atomic mass is 10.1. The average molecular weight is 402 g/mol. The molecule has 0 spiro atoms. The van der Waals surface area contributed by atoms with E-state index in [9.17, 15) is 15.2 Å². The van der Waals surface area contributed by atoms with Crippen LogP contribution in [0.2, 0.25) is 0 Å². The van der Waals surface area contributed by atoms with Gasteiger partial charge in [0.05, 0.1) is 23.3 Å². The summed E-state index contributed by atoms with van der Waals surface area (Å²) in [4.78, 5) is 19.3. The number of ether oxygens (including phenoxy) is 1. The zero-order valence-electron chi connectivity index (χ0n) is 15.9. The van der Waals surface area contributed by atoms with Crippen LogP contribution in [0.25, 0.3) is 22.6 Å². The minimum Gasteiger partial charge on any atom is -0.870 e. The van der Waals surface area contributed by atoms with Gasteiger partial charge >= 0.3 is 0 Å². The zero-order chi connectivity index (χ0) is 21.1. The SMILES string of the molecule is CCOc1cc([N+](=O)[O-])cc(C=Nc2cccc(-c3nc4ccccc4o3)c2)c1[O-]. The average Bonchev–Trinajstić information content (AvgIpc) is 3.19.